The smallest absolute Gasteiger partial charge is 0.320 e. The molecule has 16 heavy (non-hydrogen) atoms. The Morgan fingerprint density at radius 2 is 2.25 bits per heavy atom. The van der Waals surface area contributed by atoms with E-state index in [4.69, 9.17) is 15.6 Å². The van der Waals surface area contributed by atoms with Gasteiger partial charge in [-0.15, -0.1) is 12.4 Å². The van der Waals surface area contributed by atoms with Gasteiger partial charge in [0.25, 0.3) is 0 Å². The molecule has 0 amide bonds. The molecule has 1 atom stereocenters. The van der Waals surface area contributed by atoms with Gasteiger partial charge in [0.15, 0.2) is 0 Å². The molecule has 0 heterocycles. The number of hydrogen-bond acceptors (Lipinski definition) is 3. The lowest BCUT2D eigenvalue weighted by atomic mass is 10.1. The fourth-order valence-corrected chi connectivity index (χ4v) is 1.14. The third-order valence-corrected chi connectivity index (χ3v) is 2.02. The summed E-state index contributed by atoms with van der Waals surface area (Å²) in [6, 6.07) is 3.14. The van der Waals surface area contributed by atoms with E-state index in [0.717, 1.165) is 0 Å². The second-order valence-electron chi connectivity index (χ2n) is 3.11. The van der Waals surface area contributed by atoms with E-state index in [1.165, 1.54) is 19.2 Å². The number of hydrogen-bond donors (Lipinski definition) is 2. The van der Waals surface area contributed by atoms with Gasteiger partial charge in [-0.2, -0.15) is 0 Å². The Morgan fingerprint density at radius 1 is 1.62 bits per heavy atom. The Morgan fingerprint density at radius 3 is 2.69 bits per heavy atom. The average molecular weight is 250 g/mol. The first-order chi connectivity index (χ1) is 7.04. The molecular weight excluding hydrogens is 237 g/mol. The molecule has 0 aromatic heterocycles. The van der Waals surface area contributed by atoms with Gasteiger partial charge in [-0.3, -0.25) is 4.79 Å². The van der Waals surface area contributed by atoms with Crippen LogP contribution in [-0.2, 0) is 11.2 Å². The predicted octanol–water partition coefficient (Wildman–Crippen LogP) is 1.21. The zero-order valence-electron chi connectivity index (χ0n) is 8.64. The van der Waals surface area contributed by atoms with Crippen LogP contribution in [0.2, 0.25) is 0 Å². The Kier molecular flexibility index (Phi) is 5.77. The van der Waals surface area contributed by atoms with Crippen LogP contribution in [-0.4, -0.2) is 24.2 Å². The quantitative estimate of drug-likeness (QED) is 0.841. The molecule has 0 aliphatic heterocycles. The van der Waals surface area contributed by atoms with Crippen LogP contribution < -0.4 is 10.5 Å². The summed E-state index contributed by atoms with van der Waals surface area (Å²) in [6.45, 7) is 0. The number of rotatable bonds is 4. The Balaban J connectivity index is 0.00000225. The minimum absolute atomic E-state index is 0. The summed E-state index contributed by atoms with van der Waals surface area (Å²) in [5, 5.41) is 8.56. The number of halogens is 2. The van der Waals surface area contributed by atoms with Crippen LogP contribution in [0.15, 0.2) is 18.2 Å². The van der Waals surface area contributed by atoms with E-state index in [9.17, 15) is 9.18 Å². The summed E-state index contributed by atoms with van der Waals surface area (Å²) >= 11 is 0. The van der Waals surface area contributed by atoms with Crippen LogP contribution in [0, 0.1) is 5.82 Å². The molecule has 6 heteroatoms. The highest BCUT2D eigenvalue weighted by molar-refractivity contribution is 5.85. The van der Waals surface area contributed by atoms with Gasteiger partial charge in [0.1, 0.15) is 17.6 Å². The molecule has 1 unspecified atom stereocenters. The molecule has 0 saturated carbocycles. The lowest BCUT2D eigenvalue weighted by Gasteiger charge is -2.08. The highest BCUT2D eigenvalue weighted by atomic mass is 35.5. The third-order valence-electron chi connectivity index (χ3n) is 2.02. The van der Waals surface area contributed by atoms with E-state index in [1.54, 1.807) is 6.07 Å². The van der Waals surface area contributed by atoms with Gasteiger partial charge in [-0.05, 0) is 11.6 Å². The van der Waals surface area contributed by atoms with Gasteiger partial charge < -0.3 is 15.6 Å². The molecule has 0 aliphatic rings. The number of nitrogens with two attached hydrogens (primary N) is 1. The lowest BCUT2D eigenvalue weighted by Crippen LogP contribution is -2.32. The Bertz CT molecular complexity index is 373. The number of carboxylic acid groups (broad SMARTS) is 1. The number of methoxy groups -OCH3 is 1. The molecular formula is C10H13ClFNO3. The molecule has 0 aliphatic carbocycles. The van der Waals surface area contributed by atoms with E-state index < -0.39 is 17.8 Å². The molecule has 0 bridgehead atoms. The van der Waals surface area contributed by atoms with Gasteiger partial charge in [-0.1, -0.05) is 6.07 Å². The summed E-state index contributed by atoms with van der Waals surface area (Å²) in [6.07, 6.45) is -0.0365. The van der Waals surface area contributed by atoms with Crippen molar-refractivity contribution in [2.45, 2.75) is 12.5 Å². The number of benzene rings is 1. The normalized spacial score (nSPS) is 11.4. The highest BCUT2D eigenvalue weighted by Gasteiger charge is 2.14. The molecule has 0 fully saturated rings. The van der Waals surface area contributed by atoms with Gasteiger partial charge in [0.2, 0.25) is 0 Å². The van der Waals surface area contributed by atoms with Gasteiger partial charge in [-0.25, -0.2) is 4.39 Å². The topological polar surface area (TPSA) is 72.5 Å². The second kappa shape index (κ2) is 6.30. The van der Waals surface area contributed by atoms with Crippen molar-refractivity contribution in [1.82, 2.24) is 0 Å². The van der Waals surface area contributed by atoms with E-state index in [1.807, 2.05) is 0 Å². The molecule has 4 nitrogen and oxygen atoms in total. The largest absolute Gasteiger partial charge is 0.497 e. The van der Waals surface area contributed by atoms with Gasteiger partial charge in [0, 0.05) is 12.5 Å². The first-order valence-corrected chi connectivity index (χ1v) is 4.35. The minimum atomic E-state index is -1.15. The molecule has 1 aromatic carbocycles. The van der Waals surface area contributed by atoms with Crippen molar-refractivity contribution in [3.63, 3.8) is 0 Å². The molecule has 0 saturated heterocycles. The monoisotopic (exact) mass is 249 g/mol. The second-order valence-corrected chi connectivity index (χ2v) is 3.11. The number of aliphatic carboxylic acids is 1. The fourth-order valence-electron chi connectivity index (χ4n) is 1.14. The average Bonchev–Trinajstić information content (AvgIpc) is 2.20. The Labute approximate surface area is 98.6 Å². The van der Waals surface area contributed by atoms with Crippen molar-refractivity contribution in [3.05, 3.63) is 29.6 Å². The highest BCUT2D eigenvalue weighted by Crippen LogP contribution is 2.17. The van der Waals surface area contributed by atoms with Crippen molar-refractivity contribution in [2.24, 2.45) is 5.73 Å². The maximum Gasteiger partial charge on any atom is 0.320 e. The molecule has 0 spiro atoms. The lowest BCUT2D eigenvalue weighted by molar-refractivity contribution is -0.138. The minimum Gasteiger partial charge on any atom is -0.497 e. The fraction of sp³-hybridized carbons (Fsp3) is 0.300. The van der Waals surface area contributed by atoms with Gasteiger partial charge in [0.05, 0.1) is 7.11 Å². The first-order valence-electron chi connectivity index (χ1n) is 4.35. The van der Waals surface area contributed by atoms with E-state index in [0.29, 0.717) is 5.75 Å². The zero-order valence-corrected chi connectivity index (χ0v) is 9.46. The summed E-state index contributed by atoms with van der Waals surface area (Å²) in [7, 11) is 1.43. The first kappa shape index (κ1) is 14.7. The Hall–Kier alpha value is -1.33. The van der Waals surface area contributed by atoms with E-state index in [-0.39, 0.29) is 24.4 Å². The number of carbonyl (C=O) groups is 1. The molecule has 0 radical (unpaired) electrons. The number of carboxylic acids is 1. The molecule has 90 valence electrons. The molecule has 3 N–H and O–H groups in total. The maximum atomic E-state index is 13.3. The van der Waals surface area contributed by atoms with E-state index >= 15 is 0 Å². The van der Waals surface area contributed by atoms with Crippen molar-refractivity contribution in [1.29, 1.82) is 0 Å². The third kappa shape index (κ3) is 3.67. The van der Waals surface area contributed by atoms with Crippen molar-refractivity contribution in [3.8, 4) is 5.75 Å². The van der Waals surface area contributed by atoms with Crippen LogP contribution >= 0.6 is 12.4 Å². The standard InChI is InChI=1S/C10H12FNO3.ClH/c1-15-7-3-2-6(8(11)5-7)4-9(12)10(13)14;/h2-3,5,9H,4,12H2,1H3,(H,13,14);1H. The maximum absolute atomic E-state index is 13.3. The van der Waals surface area contributed by atoms with Crippen LogP contribution in [0.4, 0.5) is 4.39 Å². The molecule has 1 aromatic rings. The van der Waals surface area contributed by atoms with Crippen LogP contribution in [0.1, 0.15) is 5.56 Å². The summed E-state index contributed by atoms with van der Waals surface area (Å²) in [5.41, 5.74) is 5.56. The predicted molar refractivity (Wildman–Crippen MR) is 59.5 cm³/mol. The van der Waals surface area contributed by atoms with E-state index in [2.05, 4.69) is 0 Å². The van der Waals surface area contributed by atoms with Crippen LogP contribution in [0.5, 0.6) is 5.75 Å². The van der Waals surface area contributed by atoms with Crippen LogP contribution in [0.3, 0.4) is 0 Å². The van der Waals surface area contributed by atoms with Crippen molar-refractivity contribution >= 4 is 18.4 Å². The SMILES string of the molecule is COc1ccc(CC(N)C(=O)O)c(F)c1.Cl. The number of ether oxygens (including phenoxy) is 1. The van der Waals surface area contributed by atoms with Crippen molar-refractivity contribution < 1.29 is 19.0 Å². The molecule has 1 rings (SSSR count). The van der Waals surface area contributed by atoms with Gasteiger partial charge >= 0.3 is 5.97 Å². The van der Waals surface area contributed by atoms with Crippen molar-refractivity contribution in [2.75, 3.05) is 7.11 Å². The summed E-state index contributed by atoms with van der Waals surface area (Å²) < 4.78 is 18.1. The summed E-state index contributed by atoms with van der Waals surface area (Å²) in [4.78, 5) is 10.5. The zero-order chi connectivity index (χ0) is 11.4. The summed E-state index contributed by atoms with van der Waals surface area (Å²) in [5.74, 6) is -1.27. The van der Waals surface area contributed by atoms with Crippen LogP contribution in [0.25, 0.3) is 0 Å².